The third-order valence-electron chi connectivity index (χ3n) is 7.07. The first-order chi connectivity index (χ1) is 14.5. The van der Waals surface area contributed by atoms with Crippen LogP contribution in [0.1, 0.15) is 36.4 Å². The molecule has 5 rings (SSSR count). The van der Waals surface area contributed by atoms with E-state index in [1.807, 2.05) is 34.1 Å². The molecule has 3 fully saturated rings. The first kappa shape index (κ1) is 19.4. The van der Waals surface area contributed by atoms with Crippen LogP contribution in [0.25, 0.3) is 0 Å². The standard InChI is InChI=1S/C23H23F3N2O2/c1-30-16-5-3-14(4-6-16)12-27-13-15-11-19(20-17(24)7-8-18(25)21(20)26)28-10-2-9-23(15,28)22(27)29/h3-8,15,19H,2,9-13H2,1H3/t15-,19-,23-/m0/s1. The molecule has 1 amide bonds. The van der Waals surface area contributed by atoms with Crippen LogP contribution in [0.5, 0.6) is 5.75 Å². The van der Waals surface area contributed by atoms with Crippen molar-refractivity contribution < 1.29 is 22.7 Å². The maximum atomic E-state index is 14.5. The van der Waals surface area contributed by atoms with Gasteiger partial charge < -0.3 is 9.64 Å². The average Bonchev–Trinajstić information content (AvgIpc) is 3.37. The number of methoxy groups -OCH3 is 1. The number of carbonyl (C=O) groups is 1. The van der Waals surface area contributed by atoms with E-state index in [1.54, 1.807) is 7.11 Å². The van der Waals surface area contributed by atoms with Crippen molar-refractivity contribution in [1.82, 2.24) is 9.80 Å². The van der Waals surface area contributed by atoms with E-state index in [4.69, 9.17) is 4.74 Å². The lowest BCUT2D eigenvalue weighted by Crippen LogP contribution is -2.49. The van der Waals surface area contributed by atoms with Crippen LogP contribution in [0.15, 0.2) is 36.4 Å². The van der Waals surface area contributed by atoms with E-state index in [-0.39, 0.29) is 17.4 Å². The van der Waals surface area contributed by atoms with Gasteiger partial charge in [0.1, 0.15) is 17.1 Å². The number of amides is 1. The van der Waals surface area contributed by atoms with Crippen molar-refractivity contribution >= 4 is 5.91 Å². The van der Waals surface area contributed by atoms with Crippen molar-refractivity contribution in [2.75, 3.05) is 20.2 Å². The summed E-state index contributed by atoms with van der Waals surface area (Å²) in [6, 6.07) is 8.77. The number of halogens is 3. The lowest BCUT2D eigenvalue weighted by atomic mass is 9.85. The van der Waals surface area contributed by atoms with E-state index < -0.39 is 29.0 Å². The average molecular weight is 416 g/mol. The molecule has 30 heavy (non-hydrogen) atoms. The first-order valence-electron chi connectivity index (χ1n) is 10.3. The van der Waals surface area contributed by atoms with Crippen LogP contribution in [0.3, 0.4) is 0 Å². The molecule has 1 spiro atoms. The number of hydrogen-bond acceptors (Lipinski definition) is 3. The molecular weight excluding hydrogens is 393 g/mol. The van der Waals surface area contributed by atoms with Gasteiger partial charge in [0.2, 0.25) is 5.91 Å². The van der Waals surface area contributed by atoms with Crippen LogP contribution < -0.4 is 4.74 Å². The van der Waals surface area contributed by atoms with Crippen molar-refractivity contribution in [2.24, 2.45) is 5.92 Å². The molecule has 0 radical (unpaired) electrons. The van der Waals surface area contributed by atoms with Gasteiger partial charge in [-0.25, -0.2) is 13.2 Å². The lowest BCUT2D eigenvalue weighted by molar-refractivity contribution is -0.137. The first-order valence-corrected chi connectivity index (χ1v) is 10.3. The number of benzene rings is 2. The Morgan fingerprint density at radius 2 is 1.83 bits per heavy atom. The predicted molar refractivity (Wildman–Crippen MR) is 104 cm³/mol. The van der Waals surface area contributed by atoms with Crippen LogP contribution in [-0.4, -0.2) is 41.4 Å². The van der Waals surface area contributed by atoms with Crippen molar-refractivity contribution in [3.8, 4) is 5.75 Å². The summed E-state index contributed by atoms with van der Waals surface area (Å²) in [5.74, 6) is -2.19. The minimum absolute atomic E-state index is 0.0144. The summed E-state index contributed by atoms with van der Waals surface area (Å²) in [5, 5.41) is 0. The highest BCUT2D eigenvalue weighted by molar-refractivity contribution is 5.90. The largest absolute Gasteiger partial charge is 0.497 e. The Kier molecular flexibility index (Phi) is 4.54. The number of nitrogens with zero attached hydrogens (tertiary/aromatic N) is 2. The van der Waals surface area contributed by atoms with Crippen molar-refractivity contribution in [3.05, 3.63) is 65.0 Å². The van der Waals surface area contributed by atoms with Gasteiger partial charge in [-0.1, -0.05) is 12.1 Å². The van der Waals surface area contributed by atoms with Crippen LogP contribution >= 0.6 is 0 Å². The van der Waals surface area contributed by atoms with Crippen molar-refractivity contribution in [3.63, 3.8) is 0 Å². The highest BCUT2D eigenvalue weighted by atomic mass is 19.2. The molecular formula is C23H23F3N2O2. The Hall–Kier alpha value is -2.54. The highest BCUT2D eigenvalue weighted by Crippen LogP contribution is 2.56. The monoisotopic (exact) mass is 416 g/mol. The molecule has 7 heteroatoms. The van der Waals surface area contributed by atoms with Crippen molar-refractivity contribution in [2.45, 2.75) is 37.4 Å². The van der Waals surface area contributed by atoms with Gasteiger partial charge in [0.05, 0.1) is 7.11 Å². The molecule has 2 aromatic carbocycles. The summed E-state index contributed by atoms with van der Waals surface area (Å²) in [6.07, 6.45) is 1.90. The van der Waals surface area contributed by atoms with E-state index in [1.165, 1.54) is 0 Å². The summed E-state index contributed by atoms with van der Waals surface area (Å²) < 4.78 is 48.0. The summed E-state index contributed by atoms with van der Waals surface area (Å²) >= 11 is 0. The fraction of sp³-hybridized carbons (Fsp3) is 0.435. The minimum atomic E-state index is -1.13. The summed E-state index contributed by atoms with van der Waals surface area (Å²) in [4.78, 5) is 17.3. The zero-order valence-electron chi connectivity index (χ0n) is 16.7. The van der Waals surface area contributed by atoms with E-state index in [9.17, 15) is 18.0 Å². The molecule has 3 atom stereocenters. The van der Waals surface area contributed by atoms with Crippen LogP contribution in [-0.2, 0) is 11.3 Å². The van der Waals surface area contributed by atoms with Gasteiger partial charge in [-0.05, 0) is 55.6 Å². The van der Waals surface area contributed by atoms with Gasteiger partial charge in [-0.15, -0.1) is 0 Å². The van der Waals surface area contributed by atoms with Gasteiger partial charge >= 0.3 is 0 Å². The van der Waals surface area contributed by atoms with Gasteiger partial charge in [-0.3, -0.25) is 9.69 Å². The summed E-state index contributed by atoms with van der Waals surface area (Å²) in [5.41, 5.74) is 0.0338. The quantitative estimate of drug-likeness (QED) is 0.705. The molecule has 3 aliphatic rings. The number of likely N-dealkylation sites (tertiary alicyclic amines) is 1. The SMILES string of the molecule is COc1ccc(CN2C[C@@H]3C[C@@H](c4c(F)ccc(F)c4F)N4CCC[C@@]34C2=O)cc1. The van der Waals surface area contributed by atoms with Gasteiger partial charge in [0.15, 0.2) is 11.6 Å². The minimum Gasteiger partial charge on any atom is -0.497 e. The molecule has 4 nitrogen and oxygen atoms in total. The van der Waals surface area contributed by atoms with Gasteiger partial charge in [-0.2, -0.15) is 0 Å². The number of ether oxygens (including phenoxy) is 1. The summed E-state index contributed by atoms with van der Waals surface area (Å²) in [6.45, 7) is 1.61. The molecule has 3 aliphatic heterocycles. The fourth-order valence-corrected chi connectivity index (χ4v) is 5.79. The Balaban J connectivity index is 1.43. The second-order valence-corrected chi connectivity index (χ2v) is 8.46. The smallest absolute Gasteiger partial charge is 0.243 e. The lowest BCUT2D eigenvalue weighted by Gasteiger charge is -2.34. The molecule has 0 saturated carbocycles. The molecule has 0 bridgehead atoms. The predicted octanol–water partition coefficient (Wildman–Crippen LogP) is 4.05. The highest BCUT2D eigenvalue weighted by Gasteiger charge is 2.65. The molecule has 0 N–H and O–H groups in total. The second kappa shape index (κ2) is 7.01. The Labute approximate surface area is 173 Å². The Morgan fingerprint density at radius 3 is 2.57 bits per heavy atom. The molecule has 0 aliphatic carbocycles. The molecule has 3 saturated heterocycles. The topological polar surface area (TPSA) is 32.8 Å². The molecule has 2 aromatic rings. The van der Waals surface area contributed by atoms with Crippen LogP contribution in [0, 0.1) is 23.4 Å². The fourth-order valence-electron chi connectivity index (χ4n) is 5.79. The Morgan fingerprint density at radius 1 is 1.10 bits per heavy atom. The molecule has 3 heterocycles. The number of hydrogen-bond donors (Lipinski definition) is 0. The van der Waals surface area contributed by atoms with Gasteiger partial charge in [0.25, 0.3) is 0 Å². The van der Waals surface area contributed by atoms with E-state index >= 15 is 0 Å². The summed E-state index contributed by atoms with van der Waals surface area (Å²) in [7, 11) is 1.61. The second-order valence-electron chi connectivity index (χ2n) is 8.46. The maximum Gasteiger partial charge on any atom is 0.243 e. The maximum absolute atomic E-state index is 14.5. The third-order valence-corrected chi connectivity index (χ3v) is 7.07. The number of rotatable bonds is 4. The molecule has 0 aromatic heterocycles. The van der Waals surface area contributed by atoms with Crippen LogP contribution in [0.2, 0.25) is 0 Å². The third kappa shape index (κ3) is 2.68. The number of carbonyl (C=O) groups excluding carboxylic acids is 1. The van der Waals surface area contributed by atoms with E-state index in [0.29, 0.717) is 32.5 Å². The van der Waals surface area contributed by atoms with E-state index in [2.05, 4.69) is 0 Å². The van der Waals surface area contributed by atoms with E-state index in [0.717, 1.165) is 29.9 Å². The Bertz CT molecular complexity index is 997. The van der Waals surface area contributed by atoms with Crippen LogP contribution in [0.4, 0.5) is 13.2 Å². The van der Waals surface area contributed by atoms with Crippen molar-refractivity contribution in [1.29, 1.82) is 0 Å². The zero-order valence-corrected chi connectivity index (χ0v) is 16.7. The van der Waals surface area contributed by atoms with Gasteiger partial charge in [0, 0.05) is 30.6 Å². The molecule has 0 unspecified atom stereocenters. The molecule has 158 valence electrons. The zero-order chi connectivity index (χ0) is 21.0. The normalized spacial score (nSPS) is 28.1.